The van der Waals surface area contributed by atoms with Crippen molar-refractivity contribution in [1.82, 2.24) is 0 Å². The summed E-state index contributed by atoms with van der Waals surface area (Å²) >= 11 is 5.73. The molecule has 0 aliphatic heterocycles. The lowest BCUT2D eigenvalue weighted by molar-refractivity contribution is -0.164. The van der Waals surface area contributed by atoms with Crippen molar-refractivity contribution in [1.29, 1.82) is 0 Å². The number of carbonyl (C=O) groups is 1. The van der Waals surface area contributed by atoms with Gasteiger partial charge in [0.05, 0.1) is 6.61 Å². The first-order valence-electron chi connectivity index (χ1n) is 6.13. The molecule has 0 spiro atoms. The maximum Gasteiger partial charge on any atom is 0.462 e. The lowest BCUT2D eigenvalue weighted by atomic mass is 9.90. The summed E-state index contributed by atoms with van der Waals surface area (Å²) in [5.41, 5.74) is -0.757. The van der Waals surface area contributed by atoms with Crippen molar-refractivity contribution in [3.63, 3.8) is 0 Å². The molecule has 0 radical (unpaired) electrons. The van der Waals surface area contributed by atoms with Gasteiger partial charge in [0.1, 0.15) is 5.75 Å². The average molecular weight is 319 g/mol. The fraction of sp³-hybridized carbons (Fsp3) is 0.400. The molecule has 21 heavy (non-hydrogen) atoms. The first kappa shape index (κ1) is 17.4. The molecule has 0 saturated heterocycles. The SMILES string of the molecule is CC(C)(C#CC(=O)C(F)(F)F)CCOc1ccc(Cl)cc1. The Morgan fingerprint density at radius 2 is 1.81 bits per heavy atom. The number of ketones is 1. The van der Waals surface area contributed by atoms with Crippen molar-refractivity contribution in [2.45, 2.75) is 26.4 Å². The maximum atomic E-state index is 12.0. The molecule has 0 aliphatic carbocycles. The summed E-state index contributed by atoms with van der Waals surface area (Å²) in [4.78, 5) is 10.7. The molecule has 2 nitrogen and oxygen atoms in total. The second kappa shape index (κ2) is 6.86. The zero-order chi connectivity index (χ0) is 16.1. The van der Waals surface area contributed by atoms with Crippen LogP contribution in [0, 0.1) is 17.3 Å². The van der Waals surface area contributed by atoms with Crippen LogP contribution in [0.25, 0.3) is 0 Å². The van der Waals surface area contributed by atoms with E-state index < -0.39 is 17.4 Å². The van der Waals surface area contributed by atoms with Crippen LogP contribution in [0.5, 0.6) is 5.75 Å². The zero-order valence-corrected chi connectivity index (χ0v) is 12.3. The number of rotatable bonds is 4. The Morgan fingerprint density at radius 1 is 1.24 bits per heavy atom. The Morgan fingerprint density at radius 3 is 2.33 bits per heavy atom. The lowest BCUT2D eigenvalue weighted by Gasteiger charge is -2.17. The van der Waals surface area contributed by atoms with Gasteiger partial charge in [0, 0.05) is 10.4 Å². The molecule has 0 heterocycles. The minimum Gasteiger partial charge on any atom is -0.494 e. The third kappa shape index (κ3) is 6.54. The van der Waals surface area contributed by atoms with E-state index >= 15 is 0 Å². The lowest BCUT2D eigenvalue weighted by Crippen LogP contribution is -2.21. The average Bonchev–Trinajstić information content (AvgIpc) is 2.37. The molecule has 6 heteroatoms. The fourth-order valence-corrected chi connectivity index (χ4v) is 1.44. The summed E-state index contributed by atoms with van der Waals surface area (Å²) in [6.45, 7) is 3.56. The van der Waals surface area contributed by atoms with E-state index in [9.17, 15) is 18.0 Å². The van der Waals surface area contributed by atoms with Crippen LogP contribution in [0.3, 0.4) is 0 Å². The fourth-order valence-electron chi connectivity index (χ4n) is 1.31. The molecule has 0 unspecified atom stereocenters. The highest BCUT2D eigenvalue weighted by atomic mass is 35.5. The van der Waals surface area contributed by atoms with Crippen molar-refractivity contribution in [2.75, 3.05) is 6.61 Å². The standard InChI is InChI=1S/C15H14ClF3O2/c1-14(2,8-7-13(20)15(17,18)19)9-10-21-12-5-3-11(16)4-6-12/h3-6H,9-10H2,1-2H3. The van der Waals surface area contributed by atoms with Crippen LogP contribution < -0.4 is 4.74 Å². The first-order valence-corrected chi connectivity index (χ1v) is 6.51. The Kier molecular flexibility index (Phi) is 5.68. The topological polar surface area (TPSA) is 26.3 Å². The van der Waals surface area contributed by atoms with Gasteiger partial charge in [0.15, 0.2) is 0 Å². The molecule has 0 amide bonds. The Balaban J connectivity index is 2.52. The summed E-state index contributed by atoms with van der Waals surface area (Å²) in [7, 11) is 0. The van der Waals surface area contributed by atoms with Crippen molar-refractivity contribution in [2.24, 2.45) is 5.41 Å². The molecule has 1 aromatic rings. The van der Waals surface area contributed by atoms with Crippen molar-refractivity contribution >= 4 is 17.4 Å². The highest BCUT2D eigenvalue weighted by molar-refractivity contribution is 6.30. The molecule has 0 atom stereocenters. The molecule has 0 bridgehead atoms. The van der Waals surface area contributed by atoms with E-state index in [1.807, 2.05) is 0 Å². The molecule has 0 aromatic heterocycles. The van der Waals surface area contributed by atoms with Crippen LogP contribution in [0.1, 0.15) is 20.3 Å². The van der Waals surface area contributed by atoms with Crippen LogP contribution in [-0.2, 0) is 4.79 Å². The first-order chi connectivity index (χ1) is 9.60. The number of carbonyl (C=O) groups excluding carboxylic acids is 1. The number of alkyl halides is 3. The van der Waals surface area contributed by atoms with Gasteiger partial charge >= 0.3 is 12.0 Å². The normalized spacial score (nSPS) is 11.5. The van der Waals surface area contributed by atoms with E-state index in [0.29, 0.717) is 17.2 Å². The highest BCUT2D eigenvalue weighted by Gasteiger charge is 2.37. The van der Waals surface area contributed by atoms with Gasteiger partial charge in [-0.15, -0.1) is 0 Å². The second-order valence-electron chi connectivity index (χ2n) is 5.01. The number of ether oxygens (including phenoxy) is 1. The zero-order valence-electron chi connectivity index (χ0n) is 11.6. The van der Waals surface area contributed by atoms with E-state index in [-0.39, 0.29) is 6.61 Å². The van der Waals surface area contributed by atoms with Gasteiger partial charge < -0.3 is 4.74 Å². The summed E-state index contributed by atoms with van der Waals surface area (Å²) in [5.74, 6) is 2.55. The summed E-state index contributed by atoms with van der Waals surface area (Å²) in [6.07, 6.45) is -4.53. The van der Waals surface area contributed by atoms with Crippen molar-refractivity contribution in [3.8, 4) is 17.6 Å². The highest BCUT2D eigenvalue weighted by Crippen LogP contribution is 2.22. The minimum atomic E-state index is -4.91. The van der Waals surface area contributed by atoms with E-state index in [1.165, 1.54) is 0 Å². The maximum absolute atomic E-state index is 12.0. The van der Waals surface area contributed by atoms with Crippen LogP contribution in [0.2, 0.25) is 5.02 Å². The Hall–Kier alpha value is -1.67. The van der Waals surface area contributed by atoms with E-state index in [2.05, 4.69) is 5.92 Å². The number of hydrogen-bond acceptors (Lipinski definition) is 2. The predicted octanol–water partition coefficient (Wildman–Crippen LogP) is 4.27. The van der Waals surface area contributed by atoms with Crippen LogP contribution in [0.15, 0.2) is 24.3 Å². The van der Waals surface area contributed by atoms with Crippen LogP contribution in [0.4, 0.5) is 13.2 Å². The summed E-state index contributed by atoms with van der Waals surface area (Å²) < 4.78 is 41.6. The molecule has 0 saturated carbocycles. The minimum absolute atomic E-state index is 0.267. The van der Waals surface area contributed by atoms with Gasteiger partial charge in [-0.3, -0.25) is 4.79 Å². The number of Topliss-reactive ketones (excluding diaryl/α,β-unsaturated/α-hetero) is 1. The molecular formula is C15H14ClF3O2. The van der Waals surface area contributed by atoms with Gasteiger partial charge in [-0.2, -0.15) is 13.2 Å². The number of benzene rings is 1. The van der Waals surface area contributed by atoms with Crippen LogP contribution in [-0.4, -0.2) is 18.6 Å². The quantitative estimate of drug-likeness (QED) is 0.612. The monoisotopic (exact) mass is 318 g/mol. The smallest absolute Gasteiger partial charge is 0.462 e. The van der Waals surface area contributed by atoms with Gasteiger partial charge in [0.2, 0.25) is 0 Å². The second-order valence-corrected chi connectivity index (χ2v) is 5.45. The molecule has 1 rings (SSSR count). The Bertz CT molecular complexity index is 551. The van der Waals surface area contributed by atoms with E-state index in [4.69, 9.17) is 16.3 Å². The van der Waals surface area contributed by atoms with Crippen molar-refractivity contribution in [3.05, 3.63) is 29.3 Å². The van der Waals surface area contributed by atoms with E-state index in [0.717, 1.165) is 0 Å². The third-order valence-corrected chi connectivity index (χ3v) is 2.83. The molecule has 0 N–H and O–H groups in total. The molecular weight excluding hydrogens is 305 g/mol. The predicted molar refractivity (Wildman–Crippen MR) is 74.2 cm³/mol. The molecule has 114 valence electrons. The van der Waals surface area contributed by atoms with E-state index in [1.54, 1.807) is 44.0 Å². The van der Waals surface area contributed by atoms with Gasteiger partial charge in [-0.1, -0.05) is 17.5 Å². The van der Waals surface area contributed by atoms with Gasteiger partial charge in [0.25, 0.3) is 0 Å². The van der Waals surface area contributed by atoms with Gasteiger partial charge in [-0.25, -0.2) is 0 Å². The third-order valence-electron chi connectivity index (χ3n) is 2.58. The molecule has 0 fully saturated rings. The summed E-state index contributed by atoms with van der Waals surface area (Å²) in [6, 6.07) is 6.72. The largest absolute Gasteiger partial charge is 0.494 e. The van der Waals surface area contributed by atoms with Crippen LogP contribution >= 0.6 is 11.6 Å². The molecule has 1 aromatic carbocycles. The number of hydrogen-bond donors (Lipinski definition) is 0. The Labute approximate surface area is 126 Å². The summed E-state index contributed by atoms with van der Waals surface area (Å²) in [5, 5.41) is 0.583. The number of halogens is 4. The molecule has 0 aliphatic rings. The van der Waals surface area contributed by atoms with Gasteiger partial charge in [-0.05, 0) is 50.5 Å². The van der Waals surface area contributed by atoms with Crippen molar-refractivity contribution < 1.29 is 22.7 Å².